The Labute approximate surface area is 105 Å². The van der Waals surface area contributed by atoms with Crippen LogP contribution in [0.2, 0.25) is 0 Å². The van der Waals surface area contributed by atoms with Crippen molar-refractivity contribution in [2.45, 2.75) is 26.2 Å². The zero-order chi connectivity index (χ0) is 13.1. The second-order valence-corrected chi connectivity index (χ2v) is 4.48. The number of nitrogens with one attached hydrogen (secondary N) is 1. The van der Waals surface area contributed by atoms with Crippen LogP contribution in [0.5, 0.6) is 0 Å². The van der Waals surface area contributed by atoms with Crippen LogP contribution in [0, 0.1) is 0 Å². The van der Waals surface area contributed by atoms with Gasteiger partial charge in [-0.25, -0.2) is 4.98 Å². The van der Waals surface area contributed by atoms with Gasteiger partial charge >= 0.3 is 0 Å². The molecule has 0 aliphatic rings. The van der Waals surface area contributed by atoms with E-state index >= 15 is 0 Å². The first-order valence-corrected chi connectivity index (χ1v) is 6.00. The lowest BCUT2D eigenvalue weighted by molar-refractivity contribution is -0.116. The van der Waals surface area contributed by atoms with Crippen molar-refractivity contribution in [2.24, 2.45) is 5.73 Å². The number of nitrogens with two attached hydrogens (primary N) is 1. The molecule has 0 atom stereocenters. The standard InChI is InChI=1S/C13H17N3O2/c1-8(2)13-16-10-7-9(3-4-11(10)18-13)15-12(17)5-6-14/h3-4,7-8H,5-6,14H2,1-2H3,(H,15,17). The van der Waals surface area contributed by atoms with Gasteiger partial charge in [-0.1, -0.05) is 13.8 Å². The summed E-state index contributed by atoms with van der Waals surface area (Å²) >= 11 is 0. The Bertz CT molecular complexity index is 560. The minimum absolute atomic E-state index is 0.0931. The van der Waals surface area contributed by atoms with Crippen molar-refractivity contribution in [3.05, 3.63) is 24.1 Å². The zero-order valence-corrected chi connectivity index (χ0v) is 10.6. The molecule has 0 unspecified atom stereocenters. The van der Waals surface area contributed by atoms with Crippen molar-refractivity contribution >= 4 is 22.7 Å². The largest absolute Gasteiger partial charge is 0.440 e. The van der Waals surface area contributed by atoms with E-state index < -0.39 is 0 Å². The molecule has 5 nitrogen and oxygen atoms in total. The number of rotatable bonds is 4. The number of aromatic nitrogens is 1. The number of amides is 1. The van der Waals surface area contributed by atoms with Crippen molar-refractivity contribution in [3.8, 4) is 0 Å². The first-order valence-electron chi connectivity index (χ1n) is 6.00. The molecule has 0 saturated heterocycles. The third kappa shape index (κ3) is 2.68. The summed E-state index contributed by atoms with van der Waals surface area (Å²) in [5, 5.41) is 2.77. The predicted octanol–water partition coefficient (Wildman–Crippen LogP) is 2.24. The number of fused-ring (bicyclic) bond motifs is 1. The Kier molecular flexibility index (Phi) is 3.62. The quantitative estimate of drug-likeness (QED) is 0.868. The second-order valence-electron chi connectivity index (χ2n) is 4.48. The van der Waals surface area contributed by atoms with Crippen LogP contribution in [-0.2, 0) is 4.79 Å². The van der Waals surface area contributed by atoms with Crippen LogP contribution in [0.25, 0.3) is 11.1 Å². The van der Waals surface area contributed by atoms with Gasteiger partial charge in [-0.15, -0.1) is 0 Å². The lowest BCUT2D eigenvalue weighted by Gasteiger charge is -2.02. The summed E-state index contributed by atoms with van der Waals surface area (Å²) in [5.41, 5.74) is 7.52. The van der Waals surface area contributed by atoms with Crippen LogP contribution < -0.4 is 11.1 Å². The molecule has 0 aliphatic carbocycles. The fourth-order valence-corrected chi connectivity index (χ4v) is 1.62. The maximum absolute atomic E-state index is 11.4. The third-order valence-corrected chi connectivity index (χ3v) is 2.55. The molecule has 18 heavy (non-hydrogen) atoms. The van der Waals surface area contributed by atoms with Gasteiger partial charge in [-0.3, -0.25) is 4.79 Å². The topological polar surface area (TPSA) is 81.2 Å². The first-order chi connectivity index (χ1) is 8.60. The van der Waals surface area contributed by atoms with E-state index in [2.05, 4.69) is 10.3 Å². The van der Waals surface area contributed by atoms with Crippen molar-refractivity contribution < 1.29 is 9.21 Å². The van der Waals surface area contributed by atoms with Crippen LogP contribution in [-0.4, -0.2) is 17.4 Å². The van der Waals surface area contributed by atoms with E-state index in [0.717, 1.165) is 11.1 Å². The molecule has 1 aromatic heterocycles. The summed E-state index contributed by atoms with van der Waals surface area (Å²) < 4.78 is 5.59. The van der Waals surface area contributed by atoms with Crippen molar-refractivity contribution in [1.82, 2.24) is 4.98 Å². The molecule has 0 saturated carbocycles. The molecule has 96 valence electrons. The second kappa shape index (κ2) is 5.18. The van der Waals surface area contributed by atoms with Gasteiger partial charge in [-0.2, -0.15) is 0 Å². The van der Waals surface area contributed by atoms with Gasteiger partial charge in [0.15, 0.2) is 11.5 Å². The monoisotopic (exact) mass is 247 g/mol. The molecule has 0 radical (unpaired) electrons. The third-order valence-electron chi connectivity index (χ3n) is 2.55. The average molecular weight is 247 g/mol. The number of hydrogen-bond acceptors (Lipinski definition) is 4. The van der Waals surface area contributed by atoms with Gasteiger partial charge < -0.3 is 15.5 Å². The van der Waals surface area contributed by atoms with Gasteiger partial charge in [-0.05, 0) is 18.2 Å². The number of anilines is 1. The van der Waals surface area contributed by atoms with Crippen molar-refractivity contribution in [3.63, 3.8) is 0 Å². The Morgan fingerprint density at radius 1 is 1.50 bits per heavy atom. The first kappa shape index (κ1) is 12.6. The number of carbonyl (C=O) groups excluding carboxylic acids is 1. The highest BCUT2D eigenvalue weighted by molar-refractivity contribution is 5.92. The van der Waals surface area contributed by atoms with E-state index in [1.165, 1.54) is 0 Å². The Balaban J connectivity index is 2.24. The minimum atomic E-state index is -0.0931. The van der Waals surface area contributed by atoms with Gasteiger partial charge in [0.25, 0.3) is 0 Å². The summed E-state index contributed by atoms with van der Waals surface area (Å²) in [6.45, 7) is 4.39. The molecule has 0 aliphatic heterocycles. The van der Waals surface area contributed by atoms with E-state index in [9.17, 15) is 4.79 Å². The van der Waals surface area contributed by atoms with Crippen LogP contribution >= 0.6 is 0 Å². The Hall–Kier alpha value is -1.88. The highest BCUT2D eigenvalue weighted by atomic mass is 16.3. The Morgan fingerprint density at radius 2 is 2.28 bits per heavy atom. The zero-order valence-electron chi connectivity index (χ0n) is 10.6. The van der Waals surface area contributed by atoms with Crippen LogP contribution in [0.3, 0.4) is 0 Å². The van der Waals surface area contributed by atoms with Gasteiger partial charge in [0.1, 0.15) is 5.52 Å². The van der Waals surface area contributed by atoms with E-state index in [0.29, 0.717) is 24.5 Å². The maximum Gasteiger partial charge on any atom is 0.225 e. The van der Waals surface area contributed by atoms with Crippen LogP contribution in [0.15, 0.2) is 22.6 Å². The van der Waals surface area contributed by atoms with Gasteiger partial charge in [0.2, 0.25) is 5.91 Å². The summed E-state index contributed by atoms with van der Waals surface area (Å²) in [6, 6.07) is 5.41. The SMILES string of the molecule is CC(C)c1nc2cc(NC(=O)CCN)ccc2o1. The maximum atomic E-state index is 11.4. The number of carbonyl (C=O) groups is 1. The van der Waals surface area contributed by atoms with E-state index in [4.69, 9.17) is 10.2 Å². The van der Waals surface area contributed by atoms with Gasteiger partial charge in [0.05, 0.1) is 0 Å². The summed E-state index contributed by atoms with van der Waals surface area (Å²) in [4.78, 5) is 15.8. The fraction of sp³-hybridized carbons (Fsp3) is 0.385. The molecule has 1 aromatic carbocycles. The average Bonchev–Trinajstić information content (AvgIpc) is 2.72. The molecule has 3 N–H and O–H groups in total. The summed E-state index contributed by atoms with van der Waals surface area (Å²) in [7, 11) is 0. The number of hydrogen-bond donors (Lipinski definition) is 2. The lowest BCUT2D eigenvalue weighted by Crippen LogP contribution is -2.16. The molecular weight excluding hydrogens is 230 g/mol. The molecule has 0 spiro atoms. The molecule has 1 heterocycles. The smallest absolute Gasteiger partial charge is 0.225 e. The van der Waals surface area contributed by atoms with E-state index in [1.807, 2.05) is 19.9 Å². The van der Waals surface area contributed by atoms with Crippen LogP contribution in [0.1, 0.15) is 32.1 Å². The van der Waals surface area contributed by atoms with E-state index in [-0.39, 0.29) is 11.8 Å². The molecule has 0 bridgehead atoms. The van der Waals surface area contributed by atoms with Crippen molar-refractivity contribution in [2.75, 3.05) is 11.9 Å². The summed E-state index contributed by atoms with van der Waals surface area (Å²) in [6.07, 6.45) is 0.314. The predicted molar refractivity (Wildman–Crippen MR) is 70.4 cm³/mol. The molecule has 2 aromatic rings. The van der Waals surface area contributed by atoms with Gasteiger partial charge in [0, 0.05) is 24.6 Å². The highest BCUT2D eigenvalue weighted by Crippen LogP contribution is 2.23. The minimum Gasteiger partial charge on any atom is -0.440 e. The summed E-state index contributed by atoms with van der Waals surface area (Å²) in [5.74, 6) is 0.854. The molecular formula is C13H17N3O2. The normalized spacial score (nSPS) is 11.1. The van der Waals surface area contributed by atoms with Crippen molar-refractivity contribution in [1.29, 1.82) is 0 Å². The van der Waals surface area contributed by atoms with E-state index in [1.54, 1.807) is 12.1 Å². The lowest BCUT2D eigenvalue weighted by atomic mass is 10.2. The highest BCUT2D eigenvalue weighted by Gasteiger charge is 2.10. The number of benzene rings is 1. The fourth-order valence-electron chi connectivity index (χ4n) is 1.62. The molecule has 5 heteroatoms. The Morgan fingerprint density at radius 3 is 2.94 bits per heavy atom. The molecule has 2 rings (SSSR count). The number of oxazole rings is 1. The van der Waals surface area contributed by atoms with Crippen LogP contribution in [0.4, 0.5) is 5.69 Å². The molecule has 0 fully saturated rings. The molecule has 1 amide bonds. The number of nitrogens with zero attached hydrogens (tertiary/aromatic N) is 1.